The van der Waals surface area contributed by atoms with Crippen molar-refractivity contribution in [3.05, 3.63) is 111 Å². The number of nitrogens with zero attached hydrogens (tertiary/aromatic N) is 2. The minimum atomic E-state index is -0.584. The Labute approximate surface area is 205 Å². The van der Waals surface area contributed by atoms with Gasteiger partial charge in [0.25, 0.3) is 5.91 Å². The molecule has 8 heteroatoms. The second kappa shape index (κ2) is 8.97. The molecular weight excluding hydrogens is 476 g/mol. The lowest BCUT2D eigenvalue weighted by molar-refractivity contribution is -0.123. The number of aromatic nitrogens is 1. The van der Waals surface area contributed by atoms with Crippen LogP contribution in [0.5, 0.6) is 0 Å². The molecule has 4 aromatic rings. The minimum Gasteiger partial charge on any atom is -0.342 e. The van der Waals surface area contributed by atoms with Gasteiger partial charge in [-0.1, -0.05) is 65.7 Å². The molecule has 34 heavy (non-hydrogen) atoms. The van der Waals surface area contributed by atoms with Crippen LogP contribution in [0.3, 0.4) is 0 Å². The zero-order valence-electron chi connectivity index (χ0n) is 17.8. The third kappa shape index (κ3) is 4.18. The zero-order chi connectivity index (χ0) is 23.8. The van der Waals surface area contributed by atoms with Gasteiger partial charge in [0.05, 0.1) is 16.6 Å². The maximum atomic E-state index is 14.0. The van der Waals surface area contributed by atoms with Crippen molar-refractivity contribution >= 4 is 52.1 Å². The van der Waals surface area contributed by atoms with Gasteiger partial charge in [-0.15, -0.1) is 0 Å². The second-order valence-electron chi connectivity index (χ2n) is 7.95. The Balaban J connectivity index is 1.47. The van der Waals surface area contributed by atoms with Gasteiger partial charge in [0, 0.05) is 34.8 Å². The number of imide groups is 1. The Morgan fingerprint density at radius 1 is 0.912 bits per heavy atom. The topological polar surface area (TPSA) is 54.3 Å². The van der Waals surface area contributed by atoms with Crippen LogP contribution in [-0.4, -0.2) is 21.4 Å². The Hall–Kier alpha value is -3.61. The highest BCUT2D eigenvalue weighted by Crippen LogP contribution is 2.28. The summed E-state index contributed by atoms with van der Waals surface area (Å²) in [5.41, 5.74) is 3.10. The van der Waals surface area contributed by atoms with Crippen LogP contribution in [0, 0.1) is 5.82 Å². The average Bonchev–Trinajstić information content (AvgIpc) is 3.30. The fraction of sp³-hybridized carbons (Fsp3) is 0.0769. The summed E-state index contributed by atoms with van der Waals surface area (Å²) in [7, 11) is 0. The van der Waals surface area contributed by atoms with E-state index in [9.17, 15) is 14.0 Å². The summed E-state index contributed by atoms with van der Waals surface area (Å²) < 4.78 is 16.1. The van der Waals surface area contributed by atoms with Gasteiger partial charge in [-0.25, -0.2) is 9.18 Å². The molecular formula is C26H18Cl2FN3O2. The molecule has 1 fully saturated rings. The molecule has 0 saturated carbocycles. The first-order chi connectivity index (χ1) is 16.4. The Morgan fingerprint density at radius 3 is 2.47 bits per heavy atom. The Morgan fingerprint density at radius 2 is 1.68 bits per heavy atom. The zero-order valence-corrected chi connectivity index (χ0v) is 19.3. The van der Waals surface area contributed by atoms with E-state index in [0.717, 1.165) is 26.9 Å². The van der Waals surface area contributed by atoms with Crippen molar-refractivity contribution in [3.8, 4) is 0 Å². The molecule has 170 valence electrons. The fourth-order valence-corrected chi connectivity index (χ4v) is 4.34. The molecule has 5 rings (SSSR count). The lowest BCUT2D eigenvalue weighted by atomic mass is 10.1. The molecule has 1 N–H and O–H groups in total. The van der Waals surface area contributed by atoms with Gasteiger partial charge in [-0.3, -0.25) is 9.69 Å². The summed E-state index contributed by atoms with van der Waals surface area (Å²) in [5.74, 6) is -0.972. The first-order valence-electron chi connectivity index (χ1n) is 10.5. The van der Waals surface area contributed by atoms with E-state index in [2.05, 4.69) is 5.32 Å². The highest BCUT2D eigenvalue weighted by Gasteiger charge is 2.34. The summed E-state index contributed by atoms with van der Waals surface area (Å²) in [5, 5.41) is 4.50. The molecule has 5 nitrogen and oxygen atoms in total. The monoisotopic (exact) mass is 493 g/mol. The van der Waals surface area contributed by atoms with Gasteiger partial charge in [-0.2, -0.15) is 0 Å². The molecule has 3 amide bonds. The molecule has 2 heterocycles. The van der Waals surface area contributed by atoms with E-state index in [1.165, 1.54) is 6.07 Å². The van der Waals surface area contributed by atoms with E-state index in [4.69, 9.17) is 23.2 Å². The molecule has 1 aliphatic rings. The van der Waals surface area contributed by atoms with E-state index in [1.807, 2.05) is 47.2 Å². The van der Waals surface area contributed by atoms with E-state index in [-0.39, 0.29) is 17.8 Å². The normalized spacial score (nSPS) is 14.9. The van der Waals surface area contributed by atoms with Gasteiger partial charge < -0.3 is 9.88 Å². The van der Waals surface area contributed by atoms with Crippen LogP contribution in [0.4, 0.5) is 9.18 Å². The summed E-state index contributed by atoms with van der Waals surface area (Å²) in [4.78, 5) is 26.4. The number of amides is 3. The fourth-order valence-electron chi connectivity index (χ4n) is 4.02. The number of carbonyl (C=O) groups is 2. The largest absolute Gasteiger partial charge is 0.342 e. The first kappa shape index (κ1) is 22.2. The van der Waals surface area contributed by atoms with Crippen molar-refractivity contribution in [1.82, 2.24) is 14.8 Å². The summed E-state index contributed by atoms with van der Waals surface area (Å²) in [6.45, 7) is 0.397. The minimum absolute atomic E-state index is 0.138. The van der Waals surface area contributed by atoms with Gasteiger partial charge in [-0.05, 0) is 35.9 Å². The molecule has 1 aliphatic heterocycles. The third-order valence-electron chi connectivity index (χ3n) is 5.70. The van der Waals surface area contributed by atoms with E-state index >= 15 is 0 Å². The standard InChI is InChI=1S/C26H18Cl2FN3O2/c27-20-10-9-16(11-21(20)28)13-31-14-18(19-6-2-4-8-24(19)31)12-23-25(33)32(26(34)30-23)15-17-5-1-3-7-22(17)29/h1-12,14H,13,15H2,(H,30,34)/b23-12+. The second-order valence-corrected chi connectivity index (χ2v) is 8.76. The lowest BCUT2D eigenvalue weighted by Crippen LogP contribution is -2.30. The average molecular weight is 494 g/mol. The van der Waals surface area contributed by atoms with Crippen molar-refractivity contribution in [1.29, 1.82) is 0 Å². The van der Waals surface area contributed by atoms with E-state index in [0.29, 0.717) is 16.6 Å². The number of nitrogens with one attached hydrogen (secondary N) is 1. The maximum absolute atomic E-state index is 14.0. The Kier molecular flexibility index (Phi) is 5.86. The number of carbonyl (C=O) groups excluding carboxylic acids is 2. The first-order valence-corrected chi connectivity index (χ1v) is 11.3. The van der Waals surface area contributed by atoms with Crippen LogP contribution in [0.15, 0.2) is 78.6 Å². The molecule has 0 spiro atoms. The van der Waals surface area contributed by atoms with Gasteiger partial charge in [0.2, 0.25) is 0 Å². The number of hydrogen-bond acceptors (Lipinski definition) is 2. The third-order valence-corrected chi connectivity index (χ3v) is 6.44. The van der Waals surface area contributed by atoms with Gasteiger partial charge >= 0.3 is 6.03 Å². The van der Waals surface area contributed by atoms with Crippen molar-refractivity contribution in [2.45, 2.75) is 13.1 Å². The smallest absolute Gasteiger partial charge is 0.329 e. The number of halogens is 3. The summed E-state index contributed by atoms with van der Waals surface area (Å²) >= 11 is 12.2. The summed E-state index contributed by atoms with van der Waals surface area (Å²) in [6.07, 6.45) is 3.56. The van der Waals surface area contributed by atoms with Crippen LogP contribution in [0.2, 0.25) is 10.0 Å². The molecule has 0 aliphatic carbocycles. The Bertz CT molecular complexity index is 1480. The van der Waals surface area contributed by atoms with E-state index < -0.39 is 17.8 Å². The van der Waals surface area contributed by atoms with Crippen molar-refractivity contribution in [2.75, 3.05) is 0 Å². The van der Waals surface area contributed by atoms with Crippen LogP contribution in [-0.2, 0) is 17.9 Å². The molecule has 1 saturated heterocycles. The molecule has 0 radical (unpaired) electrons. The number of urea groups is 1. The predicted octanol–water partition coefficient (Wildman–Crippen LogP) is 6.23. The molecule has 0 unspecified atom stereocenters. The molecule has 0 bridgehead atoms. The SMILES string of the molecule is O=C1N/C(=C/c2cn(Cc3ccc(Cl)c(Cl)c3)c3ccccc23)C(=O)N1Cc1ccccc1F. The number of benzene rings is 3. The predicted molar refractivity (Wildman–Crippen MR) is 131 cm³/mol. The van der Waals surface area contributed by atoms with E-state index in [1.54, 1.807) is 30.3 Å². The highest BCUT2D eigenvalue weighted by molar-refractivity contribution is 6.42. The lowest BCUT2D eigenvalue weighted by Gasteiger charge is -2.12. The van der Waals surface area contributed by atoms with Gasteiger partial charge in [0.1, 0.15) is 11.5 Å². The van der Waals surface area contributed by atoms with Gasteiger partial charge in [0.15, 0.2) is 0 Å². The van der Waals surface area contributed by atoms with Crippen LogP contribution in [0.25, 0.3) is 17.0 Å². The molecule has 0 atom stereocenters. The number of hydrogen-bond donors (Lipinski definition) is 1. The van der Waals surface area contributed by atoms with Crippen LogP contribution in [0.1, 0.15) is 16.7 Å². The quantitative estimate of drug-likeness (QED) is 0.264. The van der Waals surface area contributed by atoms with Crippen LogP contribution < -0.4 is 5.32 Å². The number of para-hydroxylation sites is 1. The van der Waals surface area contributed by atoms with Crippen LogP contribution >= 0.6 is 23.2 Å². The summed E-state index contributed by atoms with van der Waals surface area (Å²) in [6, 6.07) is 18.7. The number of fused-ring (bicyclic) bond motifs is 1. The molecule has 1 aromatic heterocycles. The molecule has 3 aromatic carbocycles. The highest BCUT2D eigenvalue weighted by atomic mass is 35.5. The van der Waals surface area contributed by atoms with Crippen molar-refractivity contribution < 1.29 is 14.0 Å². The van der Waals surface area contributed by atoms with Crippen molar-refractivity contribution in [3.63, 3.8) is 0 Å². The number of rotatable bonds is 5. The maximum Gasteiger partial charge on any atom is 0.329 e. The van der Waals surface area contributed by atoms with Crippen molar-refractivity contribution in [2.24, 2.45) is 0 Å².